The average molecular weight is 447 g/mol. The first-order chi connectivity index (χ1) is 14.8. The molecule has 9 nitrogen and oxygen atoms in total. The molecule has 1 aromatic heterocycles. The van der Waals surface area contributed by atoms with Crippen LogP contribution in [0.4, 0.5) is 0 Å². The lowest BCUT2D eigenvalue weighted by Gasteiger charge is -2.33. The topological polar surface area (TPSA) is 109 Å². The molecule has 1 N–H and O–H groups in total. The van der Waals surface area contributed by atoms with Gasteiger partial charge in [0, 0.05) is 57.5 Å². The number of piperazine rings is 1. The van der Waals surface area contributed by atoms with E-state index in [1.165, 1.54) is 35.5 Å². The quantitative estimate of drug-likeness (QED) is 0.686. The normalized spacial score (nSPS) is 14.8. The lowest BCUT2D eigenvalue weighted by Crippen LogP contribution is -2.49. The van der Waals surface area contributed by atoms with Crippen molar-refractivity contribution >= 4 is 21.8 Å². The molecule has 0 atom stereocenters. The zero-order chi connectivity index (χ0) is 22.4. The van der Waals surface area contributed by atoms with Gasteiger partial charge in [-0.3, -0.25) is 9.59 Å². The fourth-order valence-electron chi connectivity index (χ4n) is 3.24. The van der Waals surface area contributed by atoms with Gasteiger partial charge in [-0.2, -0.15) is 4.31 Å². The third-order valence-electron chi connectivity index (χ3n) is 4.98. The van der Waals surface area contributed by atoms with Crippen LogP contribution < -0.4 is 10.1 Å². The second-order valence-corrected chi connectivity index (χ2v) is 8.99. The van der Waals surface area contributed by atoms with Gasteiger partial charge in [0.1, 0.15) is 0 Å². The van der Waals surface area contributed by atoms with Crippen LogP contribution in [0.2, 0.25) is 0 Å². The van der Waals surface area contributed by atoms with Crippen LogP contribution in [0.1, 0.15) is 29.8 Å². The van der Waals surface area contributed by atoms with Crippen molar-refractivity contribution in [3.63, 3.8) is 0 Å². The van der Waals surface area contributed by atoms with E-state index in [0.29, 0.717) is 37.7 Å². The van der Waals surface area contributed by atoms with E-state index >= 15 is 0 Å². The number of sulfonamides is 1. The molecule has 0 radical (unpaired) electrons. The Hall–Kier alpha value is -2.98. The van der Waals surface area contributed by atoms with Crippen molar-refractivity contribution in [2.45, 2.75) is 25.3 Å². The molecular formula is C21H26N4O5S. The predicted octanol–water partition coefficient (Wildman–Crippen LogP) is 1.26. The second kappa shape index (κ2) is 9.88. The minimum Gasteiger partial charge on any atom is -0.478 e. The van der Waals surface area contributed by atoms with E-state index in [1.807, 2.05) is 6.92 Å². The number of aromatic nitrogens is 1. The van der Waals surface area contributed by atoms with Crippen LogP contribution in [-0.4, -0.2) is 67.2 Å². The molecule has 2 aromatic rings. The number of carbonyl (C=O) groups is 2. The highest BCUT2D eigenvalue weighted by Gasteiger charge is 2.29. The van der Waals surface area contributed by atoms with E-state index in [4.69, 9.17) is 4.74 Å². The lowest BCUT2D eigenvalue weighted by atomic mass is 10.2. The number of ether oxygens (including phenoxy) is 1. The summed E-state index contributed by atoms with van der Waals surface area (Å²) in [4.78, 5) is 29.7. The third kappa shape index (κ3) is 5.59. The molecule has 1 aliphatic rings. The summed E-state index contributed by atoms with van der Waals surface area (Å²) >= 11 is 0. The number of pyridine rings is 1. The molecule has 0 aliphatic carbocycles. The van der Waals surface area contributed by atoms with Gasteiger partial charge in [0.05, 0.1) is 11.5 Å². The smallest absolute Gasteiger partial charge is 0.251 e. The van der Waals surface area contributed by atoms with Gasteiger partial charge in [-0.05, 0) is 42.8 Å². The molecule has 2 amide bonds. The highest BCUT2D eigenvalue weighted by molar-refractivity contribution is 7.89. The molecule has 0 spiro atoms. The van der Waals surface area contributed by atoms with E-state index in [0.717, 1.165) is 5.56 Å². The molecule has 1 aromatic carbocycles. The average Bonchev–Trinajstić information content (AvgIpc) is 2.78. The van der Waals surface area contributed by atoms with Crippen molar-refractivity contribution < 1.29 is 22.7 Å². The predicted molar refractivity (Wildman–Crippen MR) is 114 cm³/mol. The molecule has 0 bridgehead atoms. The molecule has 1 fully saturated rings. The number of amides is 2. The van der Waals surface area contributed by atoms with Crippen molar-refractivity contribution in [3.8, 4) is 5.88 Å². The summed E-state index contributed by atoms with van der Waals surface area (Å²) in [6.45, 7) is 5.38. The second-order valence-electron chi connectivity index (χ2n) is 7.05. The van der Waals surface area contributed by atoms with Gasteiger partial charge >= 0.3 is 0 Å². The number of rotatable bonds is 7. The first kappa shape index (κ1) is 22.7. The molecule has 3 rings (SSSR count). The van der Waals surface area contributed by atoms with Crippen molar-refractivity contribution in [2.75, 3.05) is 32.8 Å². The minimum absolute atomic E-state index is 0.0618. The van der Waals surface area contributed by atoms with Crippen LogP contribution in [0.3, 0.4) is 0 Å². The molecule has 0 saturated carbocycles. The largest absolute Gasteiger partial charge is 0.478 e. The molecule has 166 valence electrons. The van der Waals surface area contributed by atoms with Gasteiger partial charge < -0.3 is 15.0 Å². The van der Waals surface area contributed by atoms with Crippen LogP contribution in [0.15, 0.2) is 47.5 Å². The van der Waals surface area contributed by atoms with Crippen LogP contribution >= 0.6 is 0 Å². The zero-order valence-electron chi connectivity index (χ0n) is 17.6. The Balaban J connectivity index is 1.61. The number of hydrogen-bond acceptors (Lipinski definition) is 6. The van der Waals surface area contributed by atoms with Gasteiger partial charge in [0.15, 0.2) is 0 Å². The van der Waals surface area contributed by atoms with E-state index in [2.05, 4.69) is 10.3 Å². The Kier molecular flexibility index (Phi) is 7.24. The van der Waals surface area contributed by atoms with Gasteiger partial charge in [-0.15, -0.1) is 0 Å². The van der Waals surface area contributed by atoms with Crippen LogP contribution in [0, 0.1) is 0 Å². The third-order valence-corrected chi connectivity index (χ3v) is 6.90. The zero-order valence-corrected chi connectivity index (χ0v) is 18.4. The Morgan fingerprint density at radius 3 is 2.39 bits per heavy atom. The van der Waals surface area contributed by atoms with Crippen LogP contribution in [-0.2, 0) is 21.4 Å². The van der Waals surface area contributed by atoms with Crippen molar-refractivity contribution in [2.24, 2.45) is 0 Å². The first-order valence-corrected chi connectivity index (χ1v) is 11.5. The number of hydrogen-bond donors (Lipinski definition) is 1. The lowest BCUT2D eigenvalue weighted by molar-refractivity contribution is -0.129. The standard InChI is InChI=1S/C21H26N4O5S/c1-3-30-20-14-17(8-9-22-20)15-23-21(27)18-4-6-19(7-5-18)31(28,29)25-12-10-24(11-13-25)16(2)26/h4-9,14H,3,10-13,15H2,1-2H3,(H,23,27). The molecule has 0 unspecified atom stereocenters. The molecule has 1 saturated heterocycles. The highest BCUT2D eigenvalue weighted by Crippen LogP contribution is 2.18. The van der Waals surface area contributed by atoms with E-state index in [1.54, 1.807) is 23.2 Å². The summed E-state index contributed by atoms with van der Waals surface area (Å²) in [5, 5.41) is 2.80. The Labute approximate surface area is 182 Å². The maximum absolute atomic E-state index is 12.8. The van der Waals surface area contributed by atoms with Crippen LogP contribution in [0.25, 0.3) is 0 Å². The fourth-order valence-corrected chi connectivity index (χ4v) is 4.66. The van der Waals surface area contributed by atoms with Crippen molar-refractivity contribution in [3.05, 3.63) is 53.7 Å². The van der Waals surface area contributed by atoms with E-state index < -0.39 is 10.0 Å². The Morgan fingerprint density at radius 1 is 1.10 bits per heavy atom. The summed E-state index contributed by atoms with van der Waals surface area (Å²) < 4.78 is 32.4. The summed E-state index contributed by atoms with van der Waals surface area (Å²) in [7, 11) is -3.68. The molecule has 1 aliphatic heterocycles. The monoisotopic (exact) mass is 446 g/mol. The van der Waals surface area contributed by atoms with Gasteiger partial charge in [0.2, 0.25) is 21.8 Å². The van der Waals surface area contributed by atoms with E-state index in [-0.39, 0.29) is 29.8 Å². The Morgan fingerprint density at radius 2 is 1.77 bits per heavy atom. The highest BCUT2D eigenvalue weighted by atomic mass is 32.2. The van der Waals surface area contributed by atoms with Crippen molar-refractivity contribution in [1.29, 1.82) is 0 Å². The summed E-state index contributed by atoms with van der Waals surface area (Å²) in [5.74, 6) is 0.120. The first-order valence-electron chi connectivity index (χ1n) is 10.0. The SMILES string of the molecule is CCOc1cc(CNC(=O)c2ccc(S(=O)(=O)N3CCN(C(C)=O)CC3)cc2)ccn1. The Bertz CT molecular complexity index is 1030. The number of nitrogens with one attached hydrogen (secondary N) is 1. The maximum Gasteiger partial charge on any atom is 0.251 e. The van der Waals surface area contributed by atoms with Gasteiger partial charge in [0.25, 0.3) is 5.91 Å². The van der Waals surface area contributed by atoms with Gasteiger partial charge in [-0.25, -0.2) is 13.4 Å². The number of benzene rings is 1. The van der Waals surface area contributed by atoms with E-state index in [9.17, 15) is 18.0 Å². The minimum atomic E-state index is -3.68. The molecule has 10 heteroatoms. The summed E-state index contributed by atoms with van der Waals surface area (Å²) in [5.41, 5.74) is 1.20. The summed E-state index contributed by atoms with van der Waals surface area (Å²) in [6.07, 6.45) is 1.61. The number of carbonyl (C=O) groups excluding carboxylic acids is 2. The maximum atomic E-state index is 12.8. The summed E-state index contributed by atoms with van der Waals surface area (Å²) in [6, 6.07) is 9.39. The molecule has 31 heavy (non-hydrogen) atoms. The van der Waals surface area contributed by atoms with Crippen molar-refractivity contribution in [1.82, 2.24) is 19.5 Å². The fraction of sp³-hybridized carbons (Fsp3) is 0.381. The van der Waals surface area contributed by atoms with Crippen LogP contribution in [0.5, 0.6) is 5.88 Å². The number of nitrogens with zero attached hydrogens (tertiary/aromatic N) is 3. The molecule has 2 heterocycles. The molecular weight excluding hydrogens is 420 g/mol. The van der Waals surface area contributed by atoms with Gasteiger partial charge in [-0.1, -0.05) is 0 Å².